The molecule has 0 aliphatic carbocycles. The van der Waals surface area contributed by atoms with Gasteiger partial charge in [-0.05, 0) is 51.2 Å². The van der Waals surface area contributed by atoms with Crippen molar-refractivity contribution in [3.8, 4) is 0 Å². The van der Waals surface area contributed by atoms with E-state index in [1.165, 1.54) is 17.8 Å². The van der Waals surface area contributed by atoms with Crippen LogP contribution in [-0.2, 0) is 0 Å². The van der Waals surface area contributed by atoms with E-state index in [4.69, 9.17) is 4.42 Å². The Kier molecular flexibility index (Phi) is 4.83. The third kappa shape index (κ3) is 3.22. The van der Waals surface area contributed by atoms with Crippen LogP contribution in [0.5, 0.6) is 0 Å². The molecule has 1 unspecified atom stereocenters. The van der Waals surface area contributed by atoms with Crippen molar-refractivity contribution in [3.63, 3.8) is 0 Å². The molecule has 3 nitrogen and oxygen atoms in total. The topological polar surface area (TPSA) is 38.1 Å². The largest absolute Gasteiger partial charge is 0.436 e. The Bertz CT molecular complexity index is 578. The summed E-state index contributed by atoms with van der Waals surface area (Å²) in [5.41, 5.74) is 1.53. The molecule has 2 rings (SSSR count). The predicted molar refractivity (Wildman–Crippen MR) is 78.6 cm³/mol. The Labute approximate surface area is 123 Å². The minimum atomic E-state index is -0.205. The number of benzene rings is 1. The lowest BCUT2D eigenvalue weighted by Gasteiger charge is -2.16. The van der Waals surface area contributed by atoms with Gasteiger partial charge in [-0.15, -0.1) is 0 Å². The van der Waals surface area contributed by atoms with E-state index in [0.717, 1.165) is 22.9 Å². The molecule has 0 amide bonds. The van der Waals surface area contributed by atoms with Crippen molar-refractivity contribution >= 4 is 11.8 Å². The first-order valence-electron chi connectivity index (χ1n) is 6.66. The molecule has 0 aliphatic rings. The van der Waals surface area contributed by atoms with Crippen LogP contribution in [0.4, 0.5) is 4.39 Å². The first-order valence-corrected chi connectivity index (χ1v) is 7.48. The SMILES string of the molecule is CCNC(C)c1c(F)cccc1Sc1nc(C)c(C)o1. The van der Waals surface area contributed by atoms with Crippen LogP contribution in [0.25, 0.3) is 0 Å². The lowest BCUT2D eigenvalue weighted by molar-refractivity contribution is 0.431. The standard InChI is InChI=1S/C15H19FN2OS/c1-5-17-10(3)14-12(16)7-6-8-13(14)20-15-18-9(2)11(4)19-15/h6-8,10,17H,5H2,1-4H3. The van der Waals surface area contributed by atoms with Crippen molar-refractivity contribution in [2.75, 3.05) is 6.54 Å². The number of nitrogens with one attached hydrogen (secondary N) is 1. The van der Waals surface area contributed by atoms with Gasteiger partial charge in [0.1, 0.15) is 11.6 Å². The van der Waals surface area contributed by atoms with Gasteiger partial charge in [-0.25, -0.2) is 9.37 Å². The molecule has 0 aliphatic heterocycles. The summed E-state index contributed by atoms with van der Waals surface area (Å²) in [6.07, 6.45) is 0. The second-order valence-corrected chi connectivity index (χ2v) is 5.65. The van der Waals surface area contributed by atoms with Crippen LogP contribution in [-0.4, -0.2) is 11.5 Å². The quantitative estimate of drug-likeness (QED) is 0.894. The monoisotopic (exact) mass is 294 g/mol. The second-order valence-electron chi connectivity index (χ2n) is 4.65. The Morgan fingerprint density at radius 3 is 2.75 bits per heavy atom. The molecular weight excluding hydrogens is 275 g/mol. The highest BCUT2D eigenvalue weighted by Gasteiger charge is 2.17. The highest BCUT2D eigenvalue weighted by molar-refractivity contribution is 7.99. The van der Waals surface area contributed by atoms with Gasteiger partial charge in [-0.1, -0.05) is 13.0 Å². The van der Waals surface area contributed by atoms with E-state index in [0.29, 0.717) is 10.8 Å². The molecule has 2 aromatic rings. The van der Waals surface area contributed by atoms with Crippen molar-refractivity contribution in [1.82, 2.24) is 10.3 Å². The molecule has 1 aromatic carbocycles. The molecule has 108 valence electrons. The number of aryl methyl sites for hydroxylation is 2. The van der Waals surface area contributed by atoms with Crippen LogP contribution in [0, 0.1) is 19.7 Å². The second kappa shape index (κ2) is 6.41. The number of aromatic nitrogens is 1. The van der Waals surface area contributed by atoms with E-state index >= 15 is 0 Å². The van der Waals surface area contributed by atoms with E-state index in [2.05, 4.69) is 10.3 Å². The molecule has 1 heterocycles. The molecule has 1 N–H and O–H groups in total. The molecule has 0 spiro atoms. The van der Waals surface area contributed by atoms with Gasteiger partial charge in [0.2, 0.25) is 0 Å². The van der Waals surface area contributed by atoms with Gasteiger partial charge < -0.3 is 9.73 Å². The molecule has 0 saturated heterocycles. The van der Waals surface area contributed by atoms with Crippen LogP contribution >= 0.6 is 11.8 Å². The molecule has 0 radical (unpaired) electrons. The van der Waals surface area contributed by atoms with E-state index in [9.17, 15) is 4.39 Å². The number of rotatable bonds is 5. The maximum atomic E-state index is 14.1. The molecule has 5 heteroatoms. The van der Waals surface area contributed by atoms with Crippen LogP contribution in [0.1, 0.15) is 36.9 Å². The number of oxazole rings is 1. The Morgan fingerprint density at radius 1 is 1.40 bits per heavy atom. The zero-order valence-electron chi connectivity index (χ0n) is 12.2. The highest BCUT2D eigenvalue weighted by Crippen LogP contribution is 2.34. The molecule has 0 fully saturated rings. The lowest BCUT2D eigenvalue weighted by atomic mass is 10.1. The average molecular weight is 294 g/mol. The van der Waals surface area contributed by atoms with E-state index in [-0.39, 0.29) is 11.9 Å². The summed E-state index contributed by atoms with van der Waals surface area (Å²) in [4.78, 5) is 5.17. The maximum Gasteiger partial charge on any atom is 0.261 e. The van der Waals surface area contributed by atoms with E-state index in [1.807, 2.05) is 33.8 Å². The van der Waals surface area contributed by atoms with Crippen LogP contribution in [0.3, 0.4) is 0 Å². The van der Waals surface area contributed by atoms with Crippen LogP contribution in [0.15, 0.2) is 32.7 Å². The minimum Gasteiger partial charge on any atom is -0.436 e. The molecule has 1 aromatic heterocycles. The fourth-order valence-corrected chi connectivity index (χ4v) is 3.08. The van der Waals surface area contributed by atoms with Crippen LogP contribution in [0.2, 0.25) is 0 Å². The van der Waals surface area contributed by atoms with E-state index in [1.54, 1.807) is 6.07 Å². The summed E-state index contributed by atoms with van der Waals surface area (Å²) in [7, 11) is 0. The van der Waals surface area contributed by atoms with Gasteiger partial charge in [0.05, 0.1) is 5.69 Å². The summed E-state index contributed by atoms with van der Waals surface area (Å²) >= 11 is 1.36. The summed E-state index contributed by atoms with van der Waals surface area (Å²) in [6, 6.07) is 5.04. The van der Waals surface area contributed by atoms with Crippen molar-refractivity contribution in [3.05, 3.63) is 41.0 Å². The van der Waals surface area contributed by atoms with Gasteiger partial charge in [-0.3, -0.25) is 0 Å². The number of nitrogens with zero attached hydrogens (tertiary/aromatic N) is 1. The third-order valence-corrected chi connectivity index (χ3v) is 4.09. The Morgan fingerprint density at radius 2 is 2.15 bits per heavy atom. The molecule has 1 atom stereocenters. The summed E-state index contributed by atoms with van der Waals surface area (Å²) in [6.45, 7) is 8.52. The first kappa shape index (κ1) is 15.1. The lowest BCUT2D eigenvalue weighted by Crippen LogP contribution is -2.19. The predicted octanol–water partition coefficient (Wildman–Crippen LogP) is 4.25. The number of hydrogen-bond donors (Lipinski definition) is 1. The van der Waals surface area contributed by atoms with Gasteiger partial charge in [0.25, 0.3) is 5.22 Å². The molecular formula is C15H19FN2OS. The van der Waals surface area contributed by atoms with Gasteiger partial charge in [0, 0.05) is 16.5 Å². The zero-order chi connectivity index (χ0) is 14.7. The maximum absolute atomic E-state index is 14.1. The summed E-state index contributed by atoms with van der Waals surface area (Å²) in [5, 5.41) is 3.79. The number of hydrogen-bond acceptors (Lipinski definition) is 4. The molecule has 0 bridgehead atoms. The average Bonchev–Trinajstić information content (AvgIpc) is 2.68. The van der Waals surface area contributed by atoms with Crippen LogP contribution < -0.4 is 5.32 Å². The third-order valence-electron chi connectivity index (χ3n) is 3.16. The number of halogens is 1. The van der Waals surface area contributed by atoms with Crippen molar-refractivity contribution in [2.24, 2.45) is 0 Å². The Balaban J connectivity index is 2.33. The first-order chi connectivity index (χ1) is 9.52. The van der Waals surface area contributed by atoms with Gasteiger partial charge in [0.15, 0.2) is 0 Å². The molecule has 20 heavy (non-hydrogen) atoms. The summed E-state index contributed by atoms with van der Waals surface area (Å²) in [5.74, 6) is 0.591. The smallest absolute Gasteiger partial charge is 0.261 e. The van der Waals surface area contributed by atoms with E-state index < -0.39 is 0 Å². The van der Waals surface area contributed by atoms with Crippen molar-refractivity contribution in [1.29, 1.82) is 0 Å². The zero-order valence-corrected chi connectivity index (χ0v) is 13.0. The highest BCUT2D eigenvalue weighted by atomic mass is 32.2. The van der Waals surface area contributed by atoms with Gasteiger partial charge in [-0.2, -0.15) is 0 Å². The summed E-state index contributed by atoms with van der Waals surface area (Å²) < 4.78 is 19.7. The van der Waals surface area contributed by atoms with Gasteiger partial charge >= 0.3 is 0 Å². The normalized spacial score (nSPS) is 12.7. The Hall–Kier alpha value is -1.33. The molecule has 0 saturated carbocycles. The fraction of sp³-hybridized carbons (Fsp3) is 0.400. The van der Waals surface area contributed by atoms with Crippen molar-refractivity contribution < 1.29 is 8.81 Å². The van der Waals surface area contributed by atoms with Crippen molar-refractivity contribution in [2.45, 2.75) is 43.9 Å². The minimum absolute atomic E-state index is 0.0548. The fourth-order valence-electron chi connectivity index (χ4n) is 2.02.